The lowest BCUT2D eigenvalue weighted by Gasteiger charge is -2.26. The van der Waals surface area contributed by atoms with Crippen LogP contribution in [0.1, 0.15) is 87.3 Å². The van der Waals surface area contributed by atoms with Crippen molar-refractivity contribution < 1.29 is 5.11 Å². The summed E-state index contributed by atoms with van der Waals surface area (Å²) in [4.78, 5) is 0. The summed E-state index contributed by atoms with van der Waals surface area (Å²) in [5.74, 6) is 1.44. The fourth-order valence-corrected chi connectivity index (χ4v) is 4.80. The highest BCUT2D eigenvalue weighted by Gasteiger charge is 2.36. The van der Waals surface area contributed by atoms with E-state index in [9.17, 15) is 5.11 Å². The SMILES string of the molecule is CCCCCCC1CCc2cc([C@@H]3CC[C@](N)(CO)C3)ccc2C1. The number of nitrogens with two attached hydrogens (primary N) is 1. The number of aliphatic hydroxyl groups is 1. The summed E-state index contributed by atoms with van der Waals surface area (Å²) in [6, 6.07) is 7.18. The number of aryl methyl sites for hydroxylation is 1. The maximum atomic E-state index is 9.49. The Kier molecular flexibility index (Phi) is 5.99. The second kappa shape index (κ2) is 8.01. The molecule has 0 amide bonds. The molecule has 3 rings (SSSR count). The van der Waals surface area contributed by atoms with E-state index in [1.54, 1.807) is 11.1 Å². The Labute approximate surface area is 147 Å². The van der Waals surface area contributed by atoms with E-state index in [1.165, 1.54) is 56.9 Å². The second-order valence-corrected chi connectivity index (χ2v) is 8.45. The van der Waals surface area contributed by atoms with Crippen LogP contribution >= 0.6 is 0 Å². The van der Waals surface area contributed by atoms with Gasteiger partial charge in [-0.25, -0.2) is 0 Å². The van der Waals surface area contributed by atoms with Gasteiger partial charge in [0.15, 0.2) is 0 Å². The first-order valence-electron chi connectivity index (χ1n) is 10.1. The van der Waals surface area contributed by atoms with Crippen molar-refractivity contribution in [2.24, 2.45) is 11.7 Å². The number of unbranched alkanes of at least 4 members (excludes halogenated alkanes) is 3. The molecule has 2 nitrogen and oxygen atoms in total. The fraction of sp³-hybridized carbons (Fsp3) is 0.727. The third-order valence-corrected chi connectivity index (χ3v) is 6.46. The lowest BCUT2D eigenvalue weighted by atomic mass is 9.79. The number of rotatable bonds is 7. The van der Waals surface area contributed by atoms with Crippen molar-refractivity contribution in [1.82, 2.24) is 0 Å². The smallest absolute Gasteiger partial charge is 0.0611 e. The van der Waals surface area contributed by atoms with Crippen molar-refractivity contribution in [2.45, 2.75) is 89.0 Å². The molecule has 1 aromatic rings. The highest BCUT2D eigenvalue weighted by molar-refractivity contribution is 5.36. The van der Waals surface area contributed by atoms with Crippen LogP contribution in [0.5, 0.6) is 0 Å². The Hall–Kier alpha value is -0.860. The molecule has 134 valence electrons. The topological polar surface area (TPSA) is 46.2 Å². The lowest BCUT2D eigenvalue weighted by molar-refractivity contribution is 0.198. The predicted molar refractivity (Wildman–Crippen MR) is 101 cm³/mol. The van der Waals surface area contributed by atoms with E-state index in [1.807, 2.05) is 0 Å². The average Bonchev–Trinajstić information content (AvgIpc) is 3.01. The minimum absolute atomic E-state index is 0.119. The monoisotopic (exact) mass is 329 g/mol. The second-order valence-electron chi connectivity index (χ2n) is 8.45. The summed E-state index contributed by atoms with van der Waals surface area (Å²) in [5, 5.41) is 9.49. The van der Waals surface area contributed by atoms with Crippen LogP contribution in [0, 0.1) is 5.92 Å². The molecule has 3 atom stereocenters. The zero-order valence-electron chi connectivity index (χ0n) is 15.4. The van der Waals surface area contributed by atoms with Crippen LogP contribution in [0.2, 0.25) is 0 Å². The number of hydrogen-bond acceptors (Lipinski definition) is 2. The van der Waals surface area contributed by atoms with Crippen LogP contribution < -0.4 is 5.73 Å². The molecule has 0 aromatic heterocycles. The maximum absolute atomic E-state index is 9.49. The largest absolute Gasteiger partial charge is 0.394 e. The molecule has 2 aliphatic rings. The van der Waals surface area contributed by atoms with E-state index >= 15 is 0 Å². The number of aliphatic hydroxyl groups excluding tert-OH is 1. The third-order valence-electron chi connectivity index (χ3n) is 6.46. The molecule has 0 saturated heterocycles. The van der Waals surface area contributed by atoms with Gasteiger partial charge in [-0.1, -0.05) is 57.2 Å². The van der Waals surface area contributed by atoms with Crippen molar-refractivity contribution in [2.75, 3.05) is 6.61 Å². The Morgan fingerprint density at radius 1 is 1.17 bits per heavy atom. The molecule has 1 unspecified atom stereocenters. The van der Waals surface area contributed by atoms with Crippen LogP contribution in [0.25, 0.3) is 0 Å². The molecule has 2 aliphatic carbocycles. The van der Waals surface area contributed by atoms with Gasteiger partial charge in [-0.3, -0.25) is 0 Å². The van der Waals surface area contributed by atoms with E-state index < -0.39 is 0 Å². The van der Waals surface area contributed by atoms with Crippen LogP contribution in [-0.2, 0) is 12.8 Å². The van der Waals surface area contributed by atoms with Gasteiger partial charge in [0.25, 0.3) is 0 Å². The molecule has 0 radical (unpaired) electrons. The highest BCUT2D eigenvalue weighted by Crippen LogP contribution is 2.40. The molecule has 1 saturated carbocycles. The summed E-state index contributed by atoms with van der Waals surface area (Å²) in [7, 11) is 0. The summed E-state index contributed by atoms with van der Waals surface area (Å²) >= 11 is 0. The predicted octanol–water partition coefficient (Wildman–Crippen LogP) is 4.72. The van der Waals surface area contributed by atoms with Gasteiger partial charge in [0.1, 0.15) is 0 Å². The Morgan fingerprint density at radius 3 is 2.79 bits per heavy atom. The van der Waals surface area contributed by atoms with E-state index in [0.717, 1.165) is 25.2 Å². The van der Waals surface area contributed by atoms with Gasteiger partial charge < -0.3 is 10.8 Å². The van der Waals surface area contributed by atoms with Gasteiger partial charge in [-0.2, -0.15) is 0 Å². The number of fused-ring (bicyclic) bond motifs is 1. The molecule has 2 heteroatoms. The minimum Gasteiger partial charge on any atom is -0.394 e. The van der Waals surface area contributed by atoms with Gasteiger partial charge in [-0.15, -0.1) is 0 Å². The maximum Gasteiger partial charge on any atom is 0.0611 e. The van der Waals surface area contributed by atoms with Crippen molar-refractivity contribution in [3.8, 4) is 0 Å². The molecular weight excluding hydrogens is 294 g/mol. The van der Waals surface area contributed by atoms with Gasteiger partial charge >= 0.3 is 0 Å². The van der Waals surface area contributed by atoms with E-state index in [0.29, 0.717) is 5.92 Å². The van der Waals surface area contributed by atoms with Crippen LogP contribution in [-0.4, -0.2) is 17.3 Å². The Morgan fingerprint density at radius 2 is 2.04 bits per heavy atom. The molecule has 1 aromatic carbocycles. The standard InChI is InChI=1S/C22H35NO/c1-2-3-4-5-6-17-7-8-19-14-20(10-9-18(19)13-17)21-11-12-22(23,15-21)16-24/h9-10,14,17,21,24H,2-8,11-13,15-16,23H2,1H3/t17?,21-,22-/m1/s1. The van der Waals surface area contributed by atoms with Crippen molar-refractivity contribution in [3.63, 3.8) is 0 Å². The van der Waals surface area contributed by atoms with Crippen LogP contribution in [0.3, 0.4) is 0 Å². The Balaban J connectivity index is 1.58. The number of benzene rings is 1. The third kappa shape index (κ3) is 4.21. The highest BCUT2D eigenvalue weighted by atomic mass is 16.3. The molecule has 24 heavy (non-hydrogen) atoms. The minimum atomic E-state index is -0.343. The van der Waals surface area contributed by atoms with E-state index in [4.69, 9.17) is 5.73 Å². The molecule has 1 fully saturated rings. The molecule has 0 heterocycles. The molecule has 3 N–H and O–H groups in total. The van der Waals surface area contributed by atoms with Gasteiger partial charge in [-0.05, 0) is 67.1 Å². The molecule has 0 bridgehead atoms. The average molecular weight is 330 g/mol. The van der Waals surface area contributed by atoms with Gasteiger partial charge in [0.05, 0.1) is 6.61 Å². The van der Waals surface area contributed by atoms with E-state index in [-0.39, 0.29) is 12.1 Å². The summed E-state index contributed by atoms with van der Waals surface area (Å²) < 4.78 is 0. The molecule has 0 spiro atoms. The molecular formula is C22H35NO. The zero-order chi connectivity index (χ0) is 17.0. The normalized spacial score (nSPS) is 29.6. The van der Waals surface area contributed by atoms with Crippen molar-refractivity contribution >= 4 is 0 Å². The summed E-state index contributed by atoms with van der Waals surface area (Å²) in [6.45, 7) is 2.40. The zero-order valence-corrected chi connectivity index (χ0v) is 15.4. The lowest BCUT2D eigenvalue weighted by Crippen LogP contribution is -2.40. The van der Waals surface area contributed by atoms with Crippen LogP contribution in [0.4, 0.5) is 0 Å². The fourth-order valence-electron chi connectivity index (χ4n) is 4.80. The van der Waals surface area contributed by atoms with Crippen LogP contribution in [0.15, 0.2) is 18.2 Å². The van der Waals surface area contributed by atoms with E-state index in [2.05, 4.69) is 25.1 Å². The van der Waals surface area contributed by atoms with Crippen molar-refractivity contribution in [1.29, 1.82) is 0 Å². The first-order valence-corrected chi connectivity index (χ1v) is 10.1. The summed E-state index contributed by atoms with van der Waals surface area (Å²) in [5.41, 5.74) is 10.5. The Bertz CT molecular complexity index is 541. The van der Waals surface area contributed by atoms with Crippen molar-refractivity contribution in [3.05, 3.63) is 34.9 Å². The van der Waals surface area contributed by atoms with Gasteiger partial charge in [0, 0.05) is 5.54 Å². The molecule has 0 aliphatic heterocycles. The first kappa shape index (κ1) is 17.9. The summed E-state index contributed by atoms with van der Waals surface area (Å²) in [6.07, 6.45) is 13.9. The van der Waals surface area contributed by atoms with Gasteiger partial charge in [0.2, 0.25) is 0 Å². The quantitative estimate of drug-likeness (QED) is 0.711. The first-order chi connectivity index (χ1) is 11.6. The number of hydrogen-bond donors (Lipinski definition) is 2.